The second kappa shape index (κ2) is 4.79. The number of aliphatic hydroxyl groups excluding tert-OH is 1. The van der Waals surface area contributed by atoms with E-state index in [1.54, 1.807) is 6.07 Å². The van der Waals surface area contributed by atoms with Crippen LogP contribution in [-0.4, -0.2) is 10.1 Å². The number of aliphatic hydroxyl groups is 1. The normalized spacial score (nSPS) is 12.8. The van der Waals surface area contributed by atoms with Crippen LogP contribution >= 0.6 is 15.9 Å². The Balaban J connectivity index is 2.13. The van der Waals surface area contributed by atoms with E-state index in [-0.39, 0.29) is 0 Å². The van der Waals surface area contributed by atoms with Crippen molar-refractivity contribution in [2.24, 2.45) is 0 Å². The van der Waals surface area contributed by atoms with Gasteiger partial charge in [0.1, 0.15) is 0 Å². The van der Waals surface area contributed by atoms with Gasteiger partial charge in [-0.25, -0.2) is 4.98 Å². The Morgan fingerprint density at radius 1 is 1.26 bits per heavy atom. The highest BCUT2D eigenvalue weighted by molar-refractivity contribution is 9.10. The summed E-state index contributed by atoms with van der Waals surface area (Å²) >= 11 is 3.35. The molecule has 0 fully saturated rings. The fourth-order valence-corrected chi connectivity index (χ4v) is 2.57. The lowest BCUT2D eigenvalue weighted by Crippen LogP contribution is -2.03. The number of hydrogen-bond donors (Lipinski definition) is 1. The molecule has 1 aromatic carbocycles. The van der Waals surface area contributed by atoms with Crippen molar-refractivity contribution in [2.45, 2.75) is 13.0 Å². The number of hydrogen-bond acceptors (Lipinski definition) is 3. The summed E-state index contributed by atoms with van der Waals surface area (Å²) in [6.07, 6.45) is 0.670. The van der Waals surface area contributed by atoms with E-state index in [0.717, 1.165) is 20.9 Å². The molecule has 0 bridgehead atoms. The molecule has 3 rings (SSSR count). The van der Waals surface area contributed by atoms with Crippen LogP contribution in [-0.2, 0) is 0 Å². The summed E-state index contributed by atoms with van der Waals surface area (Å²) in [6.45, 7) is 2.01. The van der Waals surface area contributed by atoms with E-state index >= 15 is 0 Å². The van der Waals surface area contributed by atoms with E-state index in [2.05, 4.69) is 20.9 Å². The number of benzene rings is 1. The summed E-state index contributed by atoms with van der Waals surface area (Å²) in [7, 11) is 0. The Morgan fingerprint density at radius 3 is 2.79 bits per heavy atom. The molecule has 3 aromatic rings. The highest BCUT2D eigenvalue weighted by atomic mass is 79.9. The number of fused-ring (bicyclic) bond motifs is 1. The zero-order valence-electron chi connectivity index (χ0n) is 10.3. The molecule has 3 nitrogen and oxygen atoms in total. The van der Waals surface area contributed by atoms with Crippen LogP contribution in [0.4, 0.5) is 0 Å². The number of aryl methyl sites for hydroxylation is 1. The average Bonchev–Trinajstić information content (AvgIpc) is 2.84. The molecule has 0 spiro atoms. The Morgan fingerprint density at radius 2 is 2.05 bits per heavy atom. The van der Waals surface area contributed by atoms with E-state index < -0.39 is 6.10 Å². The Kier molecular flexibility index (Phi) is 3.12. The van der Waals surface area contributed by atoms with Crippen LogP contribution in [0.15, 0.2) is 51.6 Å². The first-order valence-electron chi connectivity index (χ1n) is 5.94. The zero-order chi connectivity index (χ0) is 13.4. The van der Waals surface area contributed by atoms with Crippen molar-refractivity contribution < 1.29 is 9.52 Å². The molecule has 0 aliphatic rings. The van der Waals surface area contributed by atoms with E-state index in [1.807, 2.05) is 37.3 Å². The van der Waals surface area contributed by atoms with Crippen LogP contribution in [0.2, 0.25) is 0 Å². The highest BCUT2D eigenvalue weighted by Crippen LogP contribution is 2.30. The highest BCUT2D eigenvalue weighted by Gasteiger charge is 2.19. The van der Waals surface area contributed by atoms with Gasteiger partial charge in [-0.2, -0.15) is 0 Å². The summed E-state index contributed by atoms with van der Waals surface area (Å²) in [5, 5.41) is 11.5. The van der Waals surface area contributed by atoms with Gasteiger partial charge in [-0.1, -0.05) is 18.2 Å². The van der Waals surface area contributed by atoms with Gasteiger partial charge in [-0.3, -0.25) is 0 Å². The smallest absolute Gasteiger partial charge is 0.155 e. The van der Waals surface area contributed by atoms with Gasteiger partial charge in [0.25, 0.3) is 0 Å². The third-order valence-corrected chi connectivity index (χ3v) is 3.77. The second-order valence-corrected chi connectivity index (χ2v) is 5.27. The van der Waals surface area contributed by atoms with E-state index in [0.29, 0.717) is 11.5 Å². The molecule has 2 heterocycles. The quantitative estimate of drug-likeness (QED) is 0.777. The SMILES string of the molecule is Cc1cc(C(O)c2occc2Br)nc2ccccc12. The number of para-hydroxylation sites is 1. The molecule has 0 aliphatic heterocycles. The second-order valence-electron chi connectivity index (χ2n) is 4.42. The molecular formula is C15H12BrNO2. The van der Waals surface area contributed by atoms with Crippen LogP contribution in [0.5, 0.6) is 0 Å². The van der Waals surface area contributed by atoms with Crippen LogP contribution in [0.25, 0.3) is 10.9 Å². The van der Waals surface area contributed by atoms with Crippen LogP contribution < -0.4 is 0 Å². The molecular weight excluding hydrogens is 306 g/mol. The number of halogens is 1. The molecule has 0 aliphatic carbocycles. The molecule has 1 N–H and O–H groups in total. The zero-order valence-corrected chi connectivity index (χ0v) is 11.9. The maximum absolute atomic E-state index is 10.4. The van der Waals surface area contributed by atoms with Gasteiger partial charge in [0, 0.05) is 5.39 Å². The molecule has 96 valence electrons. The minimum Gasteiger partial charge on any atom is -0.465 e. The van der Waals surface area contributed by atoms with E-state index in [1.165, 1.54) is 6.26 Å². The average molecular weight is 318 g/mol. The Bertz CT molecular complexity index is 736. The number of nitrogens with zero attached hydrogens (tertiary/aromatic N) is 1. The third kappa shape index (κ3) is 2.17. The maximum atomic E-state index is 10.4. The summed E-state index contributed by atoms with van der Waals surface area (Å²) in [5.74, 6) is 0.474. The van der Waals surface area contributed by atoms with Gasteiger partial charge in [0.05, 0.1) is 21.9 Å². The molecule has 1 unspecified atom stereocenters. The predicted molar refractivity (Wildman–Crippen MR) is 76.9 cm³/mol. The minimum atomic E-state index is -0.868. The van der Waals surface area contributed by atoms with Crippen LogP contribution in [0.1, 0.15) is 23.1 Å². The lowest BCUT2D eigenvalue weighted by molar-refractivity contribution is 0.184. The van der Waals surface area contributed by atoms with Crippen molar-refractivity contribution in [1.29, 1.82) is 0 Å². The summed E-state index contributed by atoms with van der Waals surface area (Å²) < 4.78 is 6.04. The van der Waals surface area contributed by atoms with Crippen molar-refractivity contribution in [3.05, 3.63) is 64.2 Å². The number of rotatable bonds is 2. The minimum absolute atomic E-state index is 0.474. The topological polar surface area (TPSA) is 46.3 Å². The van der Waals surface area contributed by atoms with Gasteiger partial charge in [0.15, 0.2) is 11.9 Å². The van der Waals surface area contributed by atoms with Crippen molar-refractivity contribution in [3.8, 4) is 0 Å². The molecule has 19 heavy (non-hydrogen) atoms. The number of furan rings is 1. The summed E-state index contributed by atoms with van der Waals surface area (Å²) in [6, 6.07) is 11.5. The predicted octanol–water partition coefficient (Wildman–Crippen LogP) is 3.98. The van der Waals surface area contributed by atoms with Crippen molar-refractivity contribution in [1.82, 2.24) is 4.98 Å². The first-order chi connectivity index (χ1) is 9.16. The van der Waals surface area contributed by atoms with Crippen molar-refractivity contribution in [2.75, 3.05) is 0 Å². The van der Waals surface area contributed by atoms with Crippen molar-refractivity contribution >= 4 is 26.8 Å². The molecule has 0 amide bonds. The first kappa shape index (κ1) is 12.4. The largest absolute Gasteiger partial charge is 0.465 e. The third-order valence-electron chi connectivity index (χ3n) is 3.12. The van der Waals surface area contributed by atoms with E-state index in [4.69, 9.17) is 4.42 Å². The van der Waals surface area contributed by atoms with Crippen molar-refractivity contribution in [3.63, 3.8) is 0 Å². The molecule has 4 heteroatoms. The maximum Gasteiger partial charge on any atom is 0.155 e. The first-order valence-corrected chi connectivity index (χ1v) is 6.73. The van der Waals surface area contributed by atoms with Crippen LogP contribution in [0, 0.1) is 6.92 Å². The molecule has 2 aromatic heterocycles. The summed E-state index contributed by atoms with van der Waals surface area (Å²) in [4.78, 5) is 4.50. The number of pyridine rings is 1. The molecule has 0 saturated carbocycles. The molecule has 1 atom stereocenters. The Labute approximate surface area is 119 Å². The van der Waals surface area contributed by atoms with Gasteiger partial charge in [-0.15, -0.1) is 0 Å². The fourth-order valence-electron chi connectivity index (χ4n) is 2.15. The molecule has 0 radical (unpaired) electrons. The standard InChI is InChI=1S/C15H12BrNO2/c1-9-8-13(14(18)15-11(16)6-7-19-15)17-12-5-3-2-4-10(9)12/h2-8,14,18H,1H3. The van der Waals surface area contributed by atoms with Gasteiger partial charge >= 0.3 is 0 Å². The monoisotopic (exact) mass is 317 g/mol. The summed E-state index contributed by atoms with van der Waals surface area (Å²) in [5.41, 5.74) is 2.55. The Hall–Kier alpha value is -1.65. The lowest BCUT2D eigenvalue weighted by atomic mass is 10.1. The van der Waals surface area contributed by atoms with Gasteiger partial charge in [0.2, 0.25) is 0 Å². The number of aromatic nitrogens is 1. The fraction of sp³-hybridized carbons (Fsp3) is 0.133. The molecule has 0 saturated heterocycles. The van der Waals surface area contributed by atoms with Gasteiger partial charge in [-0.05, 0) is 46.6 Å². The lowest BCUT2D eigenvalue weighted by Gasteiger charge is -2.11. The van der Waals surface area contributed by atoms with Crippen LogP contribution in [0.3, 0.4) is 0 Å². The van der Waals surface area contributed by atoms with Gasteiger partial charge < -0.3 is 9.52 Å². The van der Waals surface area contributed by atoms with E-state index in [9.17, 15) is 5.11 Å².